The van der Waals surface area contributed by atoms with E-state index in [1.807, 2.05) is 0 Å². The standard InChI is InChI=1S/C12H21NO.ClH/c1-13(2)8-10-7-9-5-3-4-6-11(9)12(10)14;/h9-11H,3-8H2,1-2H3;1H. The zero-order chi connectivity index (χ0) is 10.1. The monoisotopic (exact) mass is 231 g/mol. The zero-order valence-corrected chi connectivity index (χ0v) is 10.6. The Bertz CT molecular complexity index is 230. The summed E-state index contributed by atoms with van der Waals surface area (Å²) < 4.78 is 0. The van der Waals surface area contributed by atoms with Crippen molar-refractivity contribution >= 4 is 18.2 Å². The summed E-state index contributed by atoms with van der Waals surface area (Å²) in [7, 11) is 4.13. The lowest BCUT2D eigenvalue weighted by Crippen LogP contribution is -2.26. The maximum atomic E-state index is 12.0. The predicted molar refractivity (Wildman–Crippen MR) is 64.4 cm³/mol. The third kappa shape index (κ3) is 2.73. The summed E-state index contributed by atoms with van der Waals surface area (Å²) in [5, 5.41) is 0. The molecule has 0 bridgehead atoms. The lowest BCUT2D eigenvalue weighted by atomic mass is 9.81. The molecule has 15 heavy (non-hydrogen) atoms. The summed E-state index contributed by atoms with van der Waals surface area (Å²) in [6.45, 7) is 0.964. The van der Waals surface area contributed by atoms with E-state index in [4.69, 9.17) is 0 Å². The highest BCUT2D eigenvalue weighted by atomic mass is 35.5. The van der Waals surface area contributed by atoms with Crippen LogP contribution in [0.15, 0.2) is 0 Å². The number of halogens is 1. The minimum Gasteiger partial charge on any atom is -0.309 e. The maximum absolute atomic E-state index is 12.0. The highest BCUT2D eigenvalue weighted by Gasteiger charge is 2.42. The molecule has 0 aliphatic heterocycles. The molecule has 0 aromatic rings. The van der Waals surface area contributed by atoms with Crippen LogP contribution < -0.4 is 0 Å². The average molecular weight is 232 g/mol. The first-order valence-corrected chi connectivity index (χ1v) is 5.87. The fraction of sp³-hybridized carbons (Fsp3) is 0.917. The van der Waals surface area contributed by atoms with Crippen LogP contribution in [0.4, 0.5) is 0 Å². The van der Waals surface area contributed by atoms with E-state index in [0.29, 0.717) is 17.6 Å². The Labute approximate surface area is 98.8 Å². The Kier molecular flexibility index (Phi) is 4.60. The van der Waals surface area contributed by atoms with Crippen LogP contribution in [0, 0.1) is 17.8 Å². The Balaban J connectivity index is 0.00000112. The molecule has 2 aliphatic rings. The van der Waals surface area contributed by atoms with Crippen molar-refractivity contribution in [3.8, 4) is 0 Å². The second kappa shape index (κ2) is 5.31. The number of Topliss-reactive ketones (excluding diaryl/α,β-unsaturated/α-hetero) is 1. The highest BCUT2D eigenvalue weighted by Crippen LogP contribution is 2.42. The third-order valence-electron chi connectivity index (χ3n) is 3.85. The normalized spacial score (nSPS) is 35.1. The largest absolute Gasteiger partial charge is 0.309 e. The molecule has 0 spiro atoms. The molecule has 0 heterocycles. The van der Waals surface area contributed by atoms with Crippen LogP contribution >= 0.6 is 12.4 Å². The number of fused-ring (bicyclic) bond motifs is 1. The molecule has 0 N–H and O–H groups in total. The van der Waals surface area contributed by atoms with Crippen molar-refractivity contribution in [3.05, 3.63) is 0 Å². The topological polar surface area (TPSA) is 20.3 Å². The minimum atomic E-state index is 0. The van der Waals surface area contributed by atoms with Crippen LogP contribution in [-0.4, -0.2) is 31.3 Å². The van der Waals surface area contributed by atoms with Gasteiger partial charge in [0.15, 0.2) is 0 Å². The number of carbonyl (C=O) groups is 1. The molecule has 2 rings (SSSR count). The number of carbonyl (C=O) groups excluding carboxylic acids is 1. The molecular formula is C12H22ClNO. The van der Waals surface area contributed by atoms with Crippen LogP contribution in [0.1, 0.15) is 32.1 Å². The molecule has 2 fully saturated rings. The van der Waals surface area contributed by atoms with E-state index in [2.05, 4.69) is 19.0 Å². The fourth-order valence-corrected chi connectivity index (χ4v) is 3.25. The summed E-state index contributed by atoms with van der Waals surface area (Å²) in [4.78, 5) is 14.2. The number of hydrogen-bond acceptors (Lipinski definition) is 2. The maximum Gasteiger partial charge on any atom is 0.140 e. The second-order valence-electron chi connectivity index (χ2n) is 5.25. The van der Waals surface area contributed by atoms with Crippen molar-refractivity contribution in [2.75, 3.05) is 20.6 Å². The summed E-state index contributed by atoms with van der Waals surface area (Å²) in [6, 6.07) is 0. The Morgan fingerprint density at radius 1 is 1.27 bits per heavy atom. The number of rotatable bonds is 2. The lowest BCUT2D eigenvalue weighted by Gasteiger charge is -2.22. The van der Waals surface area contributed by atoms with Gasteiger partial charge in [-0.05, 0) is 39.3 Å². The Morgan fingerprint density at radius 3 is 2.53 bits per heavy atom. The van der Waals surface area contributed by atoms with Gasteiger partial charge in [0.1, 0.15) is 5.78 Å². The fourth-order valence-electron chi connectivity index (χ4n) is 3.25. The SMILES string of the molecule is CN(C)CC1CC2CCCCC2C1=O.Cl. The zero-order valence-electron chi connectivity index (χ0n) is 9.74. The number of ketones is 1. The van der Waals surface area contributed by atoms with E-state index in [9.17, 15) is 4.79 Å². The molecule has 3 unspecified atom stereocenters. The van der Waals surface area contributed by atoms with Gasteiger partial charge in [-0.3, -0.25) is 4.79 Å². The predicted octanol–water partition coefficient (Wildman–Crippen LogP) is 2.37. The summed E-state index contributed by atoms with van der Waals surface area (Å²) >= 11 is 0. The minimum absolute atomic E-state index is 0. The molecule has 0 radical (unpaired) electrons. The van der Waals surface area contributed by atoms with Crippen LogP contribution in [0.3, 0.4) is 0 Å². The van der Waals surface area contributed by atoms with Crippen molar-refractivity contribution in [1.29, 1.82) is 0 Å². The quantitative estimate of drug-likeness (QED) is 0.727. The molecule has 0 aromatic heterocycles. The van der Waals surface area contributed by atoms with Gasteiger partial charge >= 0.3 is 0 Å². The van der Waals surface area contributed by atoms with Gasteiger partial charge < -0.3 is 4.90 Å². The molecule has 2 saturated carbocycles. The van der Waals surface area contributed by atoms with Gasteiger partial charge in [-0.15, -0.1) is 12.4 Å². The molecule has 88 valence electrons. The summed E-state index contributed by atoms with van der Waals surface area (Å²) in [5.41, 5.74) is 0. The van der Waals surface area contributed by atoms with E-state index in [-0.39, 0.29) is 12.4 Å². The first-order valence-electron chi connectivity index (χ1n) is 5.87. The first kappa shape index (κ1) is 13.0. The third-order valence-corrected chi connectivity index (χ3v) is 3.85. The van der Waals surface area contributed by atoms with Crippen LogP contribution in [0.25, 0.3) is 0 Å². The van der Waals surface area contributed by atoms with E-state index in [1.165, 1.54) is 32.1 Å². The van der Waals surface area contributed by atoms with E-state index >= 15 is 0 Å². The van der Waals surface area contributed by atoms with Gasteiger partial charge in [0, 0.05) is 18.4 Å². The van der Waals surface area contributed by atoms with Crippen LogP contribution in [0.2, 0.25) is 0 Å². The Hall–Kier alpha value is -0.0800. The van der Waals surface area contributed by atoms with Gasteiger partial charge in [-0.1, -0.05) is 12.8 Å². The molecular weight excluding hydrogens is 210 g/mol. The molecule has 2 nitrogen and oxygen atoms in total. The summed E-state index contributed by atoms with van der Waals surface area (Å²) in [5.74, 6) is 2.09. The van der Waals surface area contributed by atoms with Crippen molar-refractivity contribution in [2.45, 2.75) is 32.1 Å². The van der Waals surface area contributed by atoms with Crippen molar-refractivity contribution < 1.29 is 4.79 Å². The number of nitrogens with zero attached hydrogens (tertiary/aromatic N) is 1. The number of hydrogen-bond donors (Lipinski definition) is 0. The van der Waals surface area contributed by atoms with Gasteiger partial charge in [-0.2, -0.15) is 0 Å². The molecule has 3 atom stereocenters. The summed E-state index contributed by atoms with van der Waals surface area (Å²) in [6.07, 6.45) is 6.28. The van der Waals surface area contributed by atoms with Crippen molar-refractivity contribution in [3.63, 3.8) is 0 Å². The smallest absolute Gasteiger partial charge is 0.140 e. The molecule has 0 saturated heterocycles. The van der Waals surface area contributed by atoms with E-state index in [0.717, 1.165) is 12.5 Å². The van der Waals surface area contributed by atoms with Crippen molar-refractivity contribution in [1.82, 2.24) is 4.90 Å². The van der Waals surface area contributed by atoms with Crippen LogP contribution in [-0.2, 0) is 4.79 Å². The van der Waals surface area contributed by atoms with Gasteiger partial charge in [0.25, 0.3) is 0 Å². The van der Waals surface area contributed by atoms with Gasteiger partial charge in [0.2, 0.25) is 0 Å². The highest BCUT2D eigenvalue weighted by molar-refractivity contribution is 5.86. The van der Waals surface area contributed by atoms with Gasteiger partial charge in [-0.25, -0.2) is 0 Å². The lowest BCUT2D eigenvalue weighted by molar-refractivity contribution is -0.125. The average Bonchev–Trinajstić information content (AvgIpc) is 2.44. The van der Waals surface area contributed by atoms with E-state index in [1.54, 1.807) is 0 Å². The molecule has 0 aromatic carbocycles. The van der Waals surface area contributed by atoms with Gasteiger partial charge in [0.05, 0.1) is 0 Å². The molecule has 0 amide bonds. The molecule has 3 heteroatoms. The second-order valence-corrected chi connectivity index (χ2v) is 5.25. The van der Waals surface area contributed by atoms with Crippen molar-refractivity contribution in [2.24, 2.45) is 17.8 Å². The first-order chi connectivity index (χ1) is 6.68. The van der Waals surface area contributed by atoms with E-state index < -0.39 is 0 Å². The Morgan fingerprint density at radius 2 is 1.93 bits per heavy atom. The van der Waals surface area contributed by atoms with Crippen LogP contribution in [0.5, 0.6) is 0 Å². The molecule has 2 aliphatic carbocycles.